The van der Waals surface area contributed by atoms with Crippen LogP contribution in [0.15, 0.2) is 45.8 Å². The van der Waals surface area contributed by atoms with Gasteiger partial charge >= 0.3 is 0 Å². The van der Waals surface area contributed by atoms with Crippen LogP contribution in [0.1, 0.15) is 11.1 Å². The number of rotatable bonds is 3. The molecule has 0 unspecified atom stereocenters. The van der Waals surface area contributed by atoms with Crippen molar-refractivity contribution in [2.75, 3.05) is 0 Å². The summed E-state index contributed by atoms with van der Waals surface area (Å²) in [6.07, 6.45) is 1.24. The van der Waals surface area contributed by atoms with E-state index in [-0.39, 0.29) is 10.5 Å². The van der Waals surface area contributed by atoms with E-state index in [1.54, 1.807) is 24.3 Å². The van der Waals surface area contributed by atoms with Crippen molar-refractivity contribution in [2.24, 2.45) is 0 Å². The van der Waals surface area contributed by atoms with E-state index in [1.165, 1.54) is 6.26 Å². The lowest BCUT2D eigenvalue weighted by molar-refractivity contribution is 0.304. The fourth-order valence-electron chi connectivity index (χ4n) is 2.24. The first kappa shape index (κ1) is 16.2. The van der Waals surface area contributed by atoms with Gasteiger partial charge in [-0.05, 0) is 36.8 Å². The molecular weight excluding hydrogens is 359 g/mol. The SMILES string of the molecule is Cc1c(OCc2ccc(Cl)c(Cl)c2)ccc2c(=O)c(Cl)coc12. The zero-order valence-electron chi connectivity index (χ0n) is 12.0. The molecule has 1 aromatic heterocycles. The maximum Gasteiger partial charge on any atom is 0.211 e. The van der Waals surface area contributed by atoms with Crippen LogP contribution in [0.5, 0.6) is 5.75 Å². The van der Waals surface area contributed by atoms with Crippen molar-refractivity contribution < 1.29 is 9.15 Å². The van der Waals surface area contributed by atoms with Gasteiger partial charge in [0.2, 0.25) is 5.43 Å². The second-order valence-electron chi connectivity index (χ2n) is 5.02. The standard InChI is InChI=1S/C17H11Cl3O3/c1-9-15(22-7-10-2-4-12(18)13(19)6-10)5-3-11-16(21)14(20)8-23-17(9)11/h2-6,8H,7H2,1H3. The van der Waals surface area contributed by atoms with E-state index in [0.29, 0.717) is 33.4 Å². The quantitative estimate of drug-likeness (QED) is 0.599. The van der Waals surface area contributed by atoms with Gasteiger partial charge in [-0.25, -0.2) is 0 Å². The minimum absolute atomic E-state index is 0.0568. The summed E-state index contributed by atoms with van der Waals surface area (Å²) >= 11 is 17.7. The molecule has 2 aromatic carbocycles. The van der Waals surface area contributed by atoms with E-state index in [9.17, 15) is 4.79 Å². The minimum Gasteiger partial charge on any atom is -0.488 e. The van der Waals surface area contributed by atoms with E-state index >= 15 is 0 Å². The van der Waals surface area contributed by atoms with Crippen molar-refractivity contribution in [2.45, 2.75) is 13.5 Å². The maximum atomic E-state index is 12.0. The number of hydrogen-bond donors (Lipinski definition) is 0. The zero-order valence-corrected chi connectivity index (χ0v) is 14.3. The van der Waals surface area contributed by atoms with Gasteiger partial charge in [-0.1, -0.05) is 40.9 Å². The molecule has 3 rings (SSSR count). The normalized spacial score (nSPS) is 11.0. The lowest BCUT2D eigenvalue weighted by atomic mass is 10.1. The van der Waals surface area contributed by atoms with Crippen molar-refractivity contribution >= 4 is 45.8 Å². The second kappa shape index (κ2) is 6.44. The Morgan fingerprint density at radius 2 is 1.83 bits per heavy atom. The minimum atomic E-state index is -0.257. The number of fused-ring (bicyclic) bond motifs is 1. The molecule has 0 saturated heterocycles. The maximum absolute atomic E-state index is 12.0. The first-order chi connectivity index (χ1) is 11.0. The van der Waals surface area contributed by atoms with Crippen molar-refractivity contribution in [1.29, 1.82) is 0 Å². The molecule has 0 radical (unpaired) electrons. The van der Waals surface area contributed by atoms with E-state index in [4.69, 9.17) is 44.0 Å². The van der Waals surface area contributed by atoms with Crippen LogP contribution in [-0.4, -0.2) is 0 Å². The molecule has 118 valence electrons. The highest BCUT2D eigenvalue weighted by Gasteiger charge is 2.11. The zero-order chi connectivity index (χ0) is 16.6. The van der Waals surface area contributed by atoms with E-state index in [0.717, 1.165) is 11.1 Å². The highest BCUT2D eigenvalue weighted by molar-refractivity contribution is 6.42. The molecule has 6 heteroatoms. The summed E-state index contributed by atoms with van der Waals surface area (Å²) in [5.74, 6) is 0.619. The Morgan fingerprint density at radius 1 is 1.04 bits per heavy atom. The van der Waals surface area contributed by atoms with Gasteiger partial charge in [0.25, 0.3) is 0 Å². The lowest BCUT2D eigenvalue weighted by Gasteiger charge is -2.11. The fraction of sp³-hybridized carbons (Fsp3) is 0.118. The molecular formula is C17H11Cl3O3. The Balaban J connectivity index is 1.91. The Hall–Kier alpha value is -1.68. The van der Waals surface area contributed by atoms with Gasteiger partial charge < -0.3 is 9.15 Å². The predicted molar refractivity (Wildman–Crippen MR) is 93.0 cm³/mol. The topological polar surface area (TPSA) is 39.4 Å². The van der Waals surface area contributed by atoms with Crippen LogP contribution in [0, 0.1) is 6.92 Å². The molecule has 0 N–H and O–H groups in total. The molecule has 3 aromatic rings. The van der Waals surface area contributed by atoms with Crippen LogP contribution in [0.3, 0.4) is 0 Å². The Labute approximate surface area is 147 Å². The molecule has 3 nitrogen and oxygen atoms in total. The molecule has 0 atom stereocenters. The molecule has 0 aliphatic rings. The second-order valence-corrected chi connectivity index (χ2v) is 6.24. The van der Waals surface area contributed by atoms with E-state index < -0.39 is 0 Å². The number of halogens is 3. The van der Waals surface area contributed by atoms with Crippen LogP contribution >= 0.6 is 34.8 Å². The number of hydrogen-bond acceptors (Lipinski definition) is 3. The van der Waals surface area contributed by atoms with Gasteiger partial charge in [-0.3, -0.25) is 4.79 Å². The first-order valence-corrected chi connectivity index (χ1v) is 7.88. The smallest absolute Gasteiger partial charge is 0.211 e. The average molecular weight is 370 g/mol. The van der Waals surface area contributed by atoms with Crippen LogP contribution in [0.2, 0.25) is 15.1 Å². The predicted octanol–water partition coefficient (Wildman–Crippen LogP) is 5.64. The third kappa shape index (κ3) is 3.18. The number of ether oxygens (including phenoxy) is 1. The van der Waals surface area contributed by atoms with Crippen LogP contribution in [-0.2, 0) is 6.61 Å². The van der Waals surface area contributed by atoms with Gasteiger partial charge in [-0.2, -0.15) is 0 Å². The van der Waals surface area contributed by atoms with Crippen LogP contribution < -0.4 is 10.2 Å². The van der Waals surface area contributed by atoms with Crippen LogP contribution in [0.25, 0.3) is 11.0 Å². The highest BCUT2D eigenvalue weighted by Crippen LogP contribution is 2.28. The van der Waals surface area contributed by atoms with Crippen molar-refractivity contribution in [3.8, 4) is 5.75 Å². The van der Waals surface area contributed by atoms with Gasteiger partial charge in [0, 0.05) is 5.56 Å². The van der Waals surface area contributed by atoms with Gasteiger partial charge in [0.05, 0.1) is 15.4 Å². The Morgan fingerprint density at radius 3 is 2.57 bits per heavy atom. The number of aryl methyl sites for hydroxylation is 1. The summed E-state index contributed by atoms with van der Waals surface area (Å²) in [5.41, 5.74) is 1.82. The Kier molecular flexibility index (Phi) is 4.53. The molecule has 0 saturated carbocycles. The Bertz CT molecular complexity index is 948. The van der Waals surface area contributed by atoms with Crippen molar-refractivity contribution in [3.63, 3.8) is 0 Å². The van der Waals surface area contributed by atoms with Gasteiger partial charge in [0.15, 0.2) is 0 Å². The fourth-order valence-corrected chi connectivity index (χ4v) is 2.71. The number of benzene rings is 2. The third-order valence-electron chi connectivity index (χ3n) is 3.48. The monoisotopic (exact) mass is 368 g/mol. The molecule has 0 aliphatic carbocycles. The highest BCUT2D eigenvalue weighted by atomic mass is 35.5. The largest absolute Gasteiger partial charge is 0.488 e. The first-order valence-electron chi connectivity index (χ1n) is 6.74. The molecule has 0 fully saturated rings. The summed E-state index contributed by atoms with van der Waals surface area (Å²) in [6.45, 7) is 2.14. The summed E-state index contributed by atoms with van der Waals surface area (Å²) in [4.78, 5) is 12.0. The van der Waals surface area contributed by atoms with Crippen LogP contribution in [0.4, 0.5) is 0 Å². The molecule has 0 amide bonds. The summed E-state index contributed by atoms with van der Waals surface area (Å²) < 4.78 is 11.2. The van der Waals surface area contributed by atoms with E-state index in [1.807, 2.05) is 13.0 Å². The van der Waals surface area contributed by atoms with Gasteiger partial charge in [-0.15, -0.1) is 0 Å². The average Bonchev–Trinajstić information content (AvgIpc) is 2.53. The molecule has 23 heavy (non-hydrogen) atoms. The lowest BCUT2D eigenvalue weighted by Crippen LogP contribution is -2.03. The van der Waals surface area contributed by atoms with E-state index in [2.05, 4.69) is 0 Å². The molecule has 1 heterocycles. The summed E-state index contributed by atoms with van der Waals surface area (Å²) in [5, 5.41) is 1.46. The van der Waals surface area contributed by atoms with Crippen molar-refractivity contribution in [1.82, 2.24) is 0 Å². The van der Waals surface area contributed by atoms with Gasteiger partial charge in [0.1, 0.15) is 29.2 Å². The third-order valence-corrected chi connectivity index (χ3v) is 4.48. The molecule has 0 aliphatic heterocycles. The summed E-state index contributed by atoms with van der Waals surface area (Å²) in [7, 11) is 0. The van der Waals surface area contributed by atoms with Crippen molar-refractivity contribution in [3.05, 3.63) is 73.0 Å². The molecule has 0 spiro atoms. The summed E-state index contributed by atoms with van der Waals surface area (Å²) in [6, 6.07) is 8.67. The molecule has 0 bridgehead atoms.